The third kappa shape index (κ3) is 5.74. The van der Waals surface area contributed by atoms with E-state index in [-0.39, 0.29) is 40.6 Å². The van der Waals surface area contributed by atoms with Crippen molar-refractivity contribution in [3.05, 3.63) is 46.6 Å². The SMILES string of the molecule is COc1ccc(-c2cc(=O)c3c(O)cc(O[C@@H]4O[C@H](CO[C@@H]5OC[C@H](O)[C@H](O)[C@H]5O)[C@@H](O)[C@H](O)[C@H]4O)cc3o2)cc1O. The molecule has 0 radical (unpaired) electrons. The molecule has 0 bridgehead atoms. The summed E-state index contributed by atoms with van der Waals surface area (Å²) in [6, 6.07) is 7.78. The highest BCUT2D eigenvalue weighted by atomic mass is 16.7. The number of fused-ring (bicyclic) bond motifs is 1. The van der Waals surface area contributed by atoms with Crippen LogP contribution in [0.25, 0.3) is 22.3 Å². The molecule has 2 aliphatic heterocycles. The van der Waals surface area contributed by atoms with E-state index in [0.29, 0.717) is 5.56 Å². The number of aliphatic hydroxyl groups is 6. The Balaban J connectivity index is 1.36. The number of phenolic OH excluding ortho intramolecular Hbond substituents is 2. The summed E-state index contributed by atoms with van der Waals surface area (Å²) in [6.07, 6.45) is -14.0. The van der Waals surface area contributed by atoms with Crippen molar-refractivity contribution in [2.45, 2.75) is 55.3 Å². The maximum atomic E-state index is 12.8. The first kappa shape index (κ1) is 30.0. The molecule has 2 saturated heterocycles. The standard InChI is InChI=1S/C27H30O15/c1-37-16-3-2-10(4-12(16)28)17-7-14(30)20-13(29)5-11(6-18(20)41-17)40-27-25(36)23(34)22(33)19(42-27)9-39-26-24(35)21(32)15(31)8-38-26/h2-7,15,19,21-29,31-36H,8-9H2,1H3/t15-,19+,21-,22+,23-,24+,25+,26-,27+/m0/s1. The number of hydrogen-bond acceptors (Lipinski definition) is 15. The second-order valence-electron chi connectivity index (χ2n) is 9.89. The number of ether oxygens (including phenoxy) is 5. The third-order valence-corrected chi connectivity index (χ3v) is 7.05. The van der Waals surface area contributed by atoms with Crippen LogP contribution in [-0.2, 0) is 14.2 Å². The lowest BCUT2D eigenvalue weighted by Gasteiger charge is -2.41. The van der Waals surface area contributed by atoms with Gasteiger partial charge in [0.05, 0.1) is 20.3 Å². The van der Waals surface area contributed by atoms with E-state index in [1.165, 1.54) is 25.3 Å². The van der Waals surface area contributed by atoms with Crippen LogP contribution in [0.3, 0.4) is 0 Å². The quantitative estimate of drug-likeness (QED) is 0.156. The topological polar surface area (TPSA) is 238 Å². The summed E-state index contributed by atoms with van der Waals surface area (Å²) in [6.45, 7) is -0.821. The molecule has 0 saturated carbocycles. The van der Waals surface area contributed by atoms with Crippen LogP contribution in [-0.4, -0.2) is 116 Å². The molecule has 0 aliphatic carbocycles. The number of phenols is 2. The van der Waals surface area contributed by atoms with Crippen molar-refractivity contribution in [2.24, 2.45) is 0 Å². The fourth-order valence-electron chi connectivity index (χ4n) is 4.70. The summed E-state index contributed by atoms with van der Waals surface area (Å²) in [4.78, 5) is 12.8. The smallest absolute Gasteiger partial charge is 0.229 e. The molecule has 15 heteroatoms. The molecule has 8 N–H and O–H groups in total. The minimum Gasteiger partial charge on any atom is -0.507 e. The molecule has 9 atom stereocenters. The van der Waals surface area contributed by atoms with E-state index in [2.05, 4.69) is 0 Å². The van der Waals surface area contributed by atoms with Crippen LogP contribution in [0, 0.1) is 0 Å². The van der Waals surface area contributed by atoms with Crippen molar-refractivity contribution in [1.29, 1.82) is 0 Å². The van der Waals surface area contributed by atoms with Crippen LogP contribution >= 0.6 is 0 Å². The monoisotopic (exact) mass is 594 g/mol. The molecule has 5 rings (SSSR count). The molecule has 0 unspecified atom stereocenters. The van der Waals surface area contributed by atoms with Gasteiger partial charge >= 0.3 is 0 Å². The Morgan fingerprint density at radius 1 is 0.857 bits per heavy atom. The average Bonchev–Trinajstić information content (AvgIpc) is 2.96. The summed E-state index contributed by atoms with van der Waals surface area (Å²) in [7, 11) is 1.38. The van der Waals surface area contributed by atoms with Gasteiger partial charge in [-0.15, -0.1) is 0 Å². The number of aliphatic hydroxyl groups excluding tert-OH is 6. The Kier molecular flexibility index (Phi) is 8.56. The van der Waals surface area contributed by atoms with E-state index in [0.717, 1.165) is 12.1 Å². The molecular formula is C27H30O15. The Hall–Kier alpha value is -3.51. The van der Waals surface area contributed by atoms with Crippen LogP contribution in [0.5, 0.6) is 23.0 Å². The number of benzene rings is 2. The minimum absolute atomic E-state index is 0.0523. The normalized spacial score (nSPS) is 31.6. The molecule has 2 fully saturated rings. The van der Waals surface area contributed by atoms with E-state index in [9.17, 15) is 45.6 Å². The van der Waals surface area contributed by atoms with Gasteiger partial charge in [-0.2, -0.15) is 0 Å². The lowest BCUT2D eigenvalue weighted by Crippen LogP contribution is -2.61. The molecule has 42 heavy (non-hydrogen) atoms. The molecule has 3 aromatic rings. The van der Waals surface area contributed by atoms with Gasteiger partial charge in [-0.3, -0.25) is 4.79 Å². The van der Waals surface area contributed by atoms with E-state index in [1.54, 1.807) is 6.07 Å². The number of hydrogen-bond donors (Lipinski definition) is 8. The summed E-state index contributed by atoms with van der Waals surface area (Å²) >= 11 is 0. The summed E-state index contributed by atoms with van der Waals surface area (Å²) in [5.74, 6) is -0.602. The maximum Gasteiger partial charge on any atom is 0.229 e. The molecule has 228 valence electrons. The van der Waals surface area contributed by atoms with Gasteiger partial charge in [0, 0.05) is 23.8 Å². The summed E-state index contributed by atoms with van der Waals surface area (Å²) in [5.41, 5.74) is -0.379. The van der Waals surface area contributed by atoms with Crippen molar-refractivity contribution in [1.82, 2.24) is 0 Å². The Bertz CT molecular complexity index is 1470. The van der Waals surface area contributed by atoms with Gasteiger partial charge in [-0.1, -0.05) is 0 Å². The van der Waals surface area contributed by atoms with Crippen LogP contribution in [0.4, 0.5) is 0 Å². The zero-order valence-corrected chi connectivity index (χ0v) is 22.0. The first-order valence-corrected chi connectivity index (χ1v) is 12.8. The summed E-state index contributed by atoms with van der Waals surface area (Å²) < 4.78 is 32.6. The van der Waals surface area contributed by atoms with Crippen molar-refractivity contribution in [3.8, 4) is 34.3 Å². The molecule has 2 aromatic carbocycles. The fourth-order valence-corrected chi connectivity index (χ4v) is 4.70. The highest BCUT2D eigenvalue weighted by molar-refractivity contribution is 5.86. The lowest BCUT2D eigenvalue weighted by molar-refractivity contribution is -0.307. The summed E-state index contributed by atoms with van der Waals surface area (Å²) in [5, 5.41) is 81.3. The van der Waals surface area contributed by atoms with Crippen LogP contribution in [0.2, 0.25) is 0 Å². The van der Waals surface area contributed by atoms with E-state index >= 15 is 0 Å². The van der Waals surface area contributed by atoms with Crippen LogP contribution in [0.15, 0.2) is 45.6 Å². The predicted octanol–water partition coefficient (Wildman–Crippen LogP) is -1.48. The van der Waals surface area contributed by atoms with Gasteiger partial charge < -0.3 is 69.0 Å². The highest BCUT2D eigenvalue weighted by Crippen LogP contribution is 2.35. The van der Waals surface area contributed by atoms with Crippen LogP contribution < -0.4 is 14.9 Å². The van der Waals surface area contributed by atoms with Gasteiger partial charge in [-0.25, -0.2) is 0 Å². The van der Waals surface area contributed by atoms with Gasteiger partial charge in [-0.05, 0) is 18.2 Å². The van der Waals surface area contributed by atoms with Crippen LogP contribution in [0.1, 0.15) is 0 Å². The zero-order chi connectivity index (χ0) is 30.3. The maximum absolute atomic E-state index is 12.8. The first-order valence-electron chi connectivity index (χ1n) is 12.8. The largest absolute Gasteiger partial charge is 0.507 e. The fraction of sp³-hybridized carbons (Fsp3) is 0.444. The van der Waals surface area contributed by atoms with Crippen molar-refractivity contribution in [2.75, 3.05) is 20.3 Å². The molecule has 2 aliphatic rings. The first-order chi connectivity index (χ1) is 20.0. The molecule has 0 spiro atoms. The van der Waals surface area contributed by atoms with Gasteiger partial charge in [0.1, 0.15) is 71.0 Å². The van der Waals surface area contributed by atoms with E-state index < -0.39 is 73.1 Å². The van der Waals surface area contributed by atoms with Gasteiger partial charge in [0.15, 0.2) is 23.2 Å². The molecule has 15 nitrogen and oxygen atoms in total. The highest BCUT2D eigenvalue weighted by Gasteiger charge is 2.46. The Labute approximate surface area is 236 Å². The third-order valence-electron chi connectivity index (χ3n) is 7.05. The number of rotatable bonds is 7. The number of aromatic hydroxyl groups is 2. The average molecular weight is 595 g/mol. The van der Waals surface area contributed by atoms with Crippen molar-refractivity contribution >= 4 is 11.0 Å². The van der Waals surface area contributed by atoms with Crippen molar-refractivity contribution in [3.63, 3.8) is 0 Å². The van der Waals surface area contributed by atoms with E-state index in [1.807, 2.05) is 0 Å². The van der Waals surface area contributed by atoms with E-state index in [4.69, 9.17) is 28.1 Å². The Morgan fingerprint density at radius 3 is 2.31 bits per heavy atom. The number of methoxy groups -OCH3 is 1. The minimum atomic E-state index is -1.77. The molecule has 3 heterocycles. The second kappa shape index (κ2) is 12.0. The Morgan fingerprint density at radius 2 is 1.60 bits per heavy atom. The lowest BCUT2D eigenvalue weighted by atomic mass is 9.99. The predicted molar refractivity (Wildman–Crippen MR) is 139 cm³/mol. The second-order valence-corrected chi connectivity index (χ2v) is 9.89. The van der Waals surface area contributed by atoms with Gasteiger partial charge in [0.2, 0.25) is 6.29 Å². The van der Waals surface area contributed by atoms with Gasteiger partial charge in [0.25, 0.3) is 0 Å². The molecule has 1 aromatic heterocycles. The zero-order valence-electron chi connectivity index (χ0n) is 22.0. The van der Waals surface area contributed by atoms with Crippen molar-refractivity contribution < 1.29 is 69.0 Å². The molecular weight excluding hydrogens is 564 g/mol. The molecule has 0 amide bonds.